The second-order valence-electron chi connectivity index (χ2n) is 8.28. The summed E-state index contributed by atoms with van der Waals surface area (Å²) in [5.74, 6) is 0.0652. The van der Waals surface area contributed by atoms with Crippen LogP contribution in [0.5, 0.6) is 5.75 Å². The van der Waals surface area contributed by atoms with E-state index in [9.17, 15) is 18.7 Å². The highest BCUT2D eigenvalue weighted by Gasteiger charge is 2.46. The van der Waals surface area contributed by atoms with Gasteiger partial charge < -0.3 is 19.5 Å². The van der Waals surface area contributed by atoms with Gasteiger partial charge in [-0.2, -0.15) is 8.78 Å². The third-order valence-corrected chi connectivity index (χ3v) is 5.35. The summed E-state index contributed by atoms with van der Waals surface area (Å²) >= 11 is 0. The van der Waals surface area contributed by atoms with E-state index in [1.165, 1.54) is 12.1 Å². The van der Waals surface area contributed by atoms with Crippen LogP contribution >= 0.6 is 0 Å². The molecular weight excluding hydrogens is 392 g/mol. The third kappa shape index (κ3) is 5.08. The van der Waals surface area contributed by atoms with E-state index in [0.717, 1.165) is 11.1 Å². The van der Waals surface area contributed by atoms with Crippen molar-refractivity contribution >= 4 is 6.09 Å². The topological polar surface area (TPSA) is 59.0 Å². The average molecular weight is 419 g/mol. The van der Waals surface area contributed by atoms with E-state index in [0.29, 0.717) is 13.0 Å². The maximum Gasteiger partial charge on any atom is 0.411 e. The highest BCUT2D eigenvalue weighted by molar-refractivity contribution is 5.70. The number of rotatable bonds is 7. The minimum Gasteiger partial charge on any atom is -0.438 e. The summed E-state index contributed by atoms with van der Waals surface area (Å²) in [6.07, 6.45) is 0.316. The number of hydrogen-bond acceptors (Lipinski definition) is 4. The number of cyclic esters (lactones) is 1. The van der Waals surface area contributed by atoms with Crippen LogP contribution in [0, 0.1) is 0 Å². The lowest BCUT2D eigenvalue weighted by Gasteiger charge is -2.45. The number of nitrogens with zero attached hydrogens (tertiary/aromatic N) is 1. The maximum atomic E-state index is 13.0. The minimum absolute atomic E-state index is 0.0652. The van der Waals surface area contributed by atoms with Gasteiger partial charge in [0.2, 0.25) is 0 Å². The zero-order chi connectivity index (χ0) is 21.9. The molecule has 1 N–H and O–H groups in total. The largest absolute Gasteiger partial charge is 0.438 e. The number of ether oxygens (including phenoxy) is 2. The fourth-order valence-electron chi connectivity index (χ4n) is 4.00. The quantitative estimate of drug-likeness (QED) is 0.666. The van der Waals surface area contributed by atoms with E-state index in [2.05, 4.69) is 4.74 Å². The average Bonchev–Trinajstić information content (AvgIpc) is 2.67. The summed E-state index contributed by atoms with van der Waals surface area (Å²) in [6, 6.07) is 15.4. The molecule has 0 aromatic heterocycles. The normalized spacial score (nSPS) is 20.8. The SMILES string of the molecule is C[C@@H](c1ccc(OC(F)F)cc1)N1CCC(CC(C)(C)O)(c2ccccc2)OC1=O. The van der Waals surface area contributed by atoms with Gasteiger partial charge in [-0.1, -0.05) is 42.5 Å². The van der Waals surface area contributed by atoms with Gasteiger partial charge >= 0.3 is 12.7 Å². The number of hydrogen-bond donors (Lipinski definition) is 1. The fourth-order valence-corrected chi connectivity index (χ4v) is 4.00. The van der Waals surface area contributed by atoms with Crippen LogP contribution in [0.15, 0.2) is 54.6 Å². The maximum absolute atomic E-state index is 13.0. The number of benzene rings is 2. The van der Waals surface area contributed by atoms with E-state index < -0.39 is 23.9 Å². The molecule has 2 aromatic rings. The first kappa shape index (κ1) is 22.0. The molecule has 0 aliphatic carbocycles. The fraction of sp³-hybridized carbons (Fsp3) is 0.435. The van der Waals surface area contributed by atoms with Crippen molar-refractivity contribution in [3.8, 4) is 5.75 Å². The first-order valence-corrected chi connectivity index (χ1v) is 9.92. The van der Waals surface area contributed by atoms with Crippen LogP contribution < -0.4 is 4.74 Å². The van der Waals surface area contributed by atoms with Crippen molar-refractivity contribution in [2.75, 3.05) is 6.54 Å². The van der Waals surface area contributed by atoms with Crippen LogP contribution in [-0.2, 0) is 10.3 Å². The molecule has 5 nitrogen and oxygen atoms in total. The minimum atomic E-state index is -2.88. The first-order chi connectivity index (χ1) is 14.1. The third-order valence-electron chi connectivity index (χ3n) is 5.35. The van der Waals surface area contributed by atoms with E-state index in [-0.39, 0.29) is 18.2 Å². The standard InChI is InChI=1S/C23H27F2NO4/c1-16(17-9-11-19(12-10-17)29-20(24)25)26-14-13-23(30-21(26)27,15-22(2,3)28)18-7-5-4-6-8-18/h4-12,16,20,28H,13-15H2,1-3H3/t16-,23?/m0/s1. The second kappa shape index (κ2) is 8.60. The zero-order valence-electron chi connectivity index (χ0n) is 17.3. The molecule has 0 saturated carbocycles. The van der Waals surface area contributed by atoms with Gasteiger partial charge in [0.1, 0.15) is 11.4 Å². The predicted octanol–water partition coefficient (Wildman–Crippen LogP) is 5.25. The molecule has 162 valence electrons. The number of alkyl halides is 2. The molecule has 3 rings (SSSR count). The van der Waals surface area contributed by atoms with Crippen LogP contribution in [0.3, 0.4) is 0 Å². The number of aliphatic hydroxyl groups is 1. The van der Waals surface area contributed by atoms with Crippen molar-refractivity contribution in [3.05, 3.63) is 65.7 Å². The van der Waals surface area contributed by atoms with E-state index in [1.807, 2.05) is 37.3 Å². The van der Waals surface area contributed by atoms with Crippen LogP contribution in [-0.4, -0.2) is 34.9 Å². The van der Waals surface area contributed by atoms with Crippen molar-refractivity contribution in [2.24, 2.45) is 0 Å². The molecule has 0 spiro atoms. The van der Waals surface area contributed by atoms with Crippen molar-refractivity contribution in [3.63, 3.8) is 0 Å². The molecule has 1 saturated heterocycles. The molecule has 2 atom stereocenters. The molecule has 1 aliphatic rings. The lowest BCUT2D eigenvalue weighted by Crippen LogP contribution is -2.51. The smallest absolute Gasteiger partial charge is 0.411 e. The van der Waals surface area contributed by atoms with E-state index >= 15 is 0 Å². The van der Waals surface area contributed by atoms with Crippen molar-refractivity contribution in [1.82, 2.24) is 4.90 Å². The van der Waals surface area contributed by atoms with Gasteiger partial charge in [0, 0.05) is 19.4 Å². The molecule has 1 heterocycles. The Hall–Kier alpha value is -2.67. The molecule has 1 amide bonds. The highest BCUT2D eigenvalue weighted by Crippen LogP contribution is 2.42. The zero-order valence-corrected chi connectivity index (χ0v) is 17.3. The molecule has 7 heteroatoms. The summed E-state index contributed by atoms with van der Waals surface area (Å²) in [7, 11) is 0. The van der Waals surface area contributed by atoms with Gasteiger partial charge in [-0.05, 0) is 44.0 Å². The Kier molecular flexibility index (Phi) is 6.31. The number of carbonyl (C=O) groups excluding carboxylic acids is 1. The molecular formula is C23H27F2NO4. The Morgan fingerprint density at radius 1 is 1.17 bits per heavy atom. The van der Waals surface area contributed by atoms with Crippen molar-refractivity contribution in [2.45, 2.75) is 57.5 Å². The lowest BCUT2D eigenvalue weighted by molar-refractivity contribution is -0.101. The highest BCUT2D eigenvalue weighted by atomic mass is 19.3. The Labute approximate surface area is 175 Å². The molecule has 2 aromatic carbocycles. The monoisotopic (exact) mass is 419 g/mol. The van der Waals surface area contributed by atoms with Gasteiger partial charge in [-0.15, -0.1) is 0 Å². The van der Waals surface area contributed by atoms with Gasteiger partial charge in [0.15, 0.2) is 0 Å². The summed E-state index contributed by atoms with van der Waals surface area (Å²) in [6.45, 7) is 2.80. The van der Waals surface area contributed by atoms with Crippen LogP contribution in [0.2, 0.25) is 0 Å². The molecule has 1 fully saturated rings. The summed E-state index contributed by atoms with van der Waals surface area (Å²) < 4.78 is 35.0. The Balaban J connectivity index is 1.79. The molecule has 1 aliphatic heterocycles. The Bertz CT molecular complexity index is 852. The van der Waals surface area contributed by atoms with E-state index in [1.54, 1.807) is 30.9 Å². The van der Waals surface area contributed by atoms with Gasteiger partial charge in [-0.3, -0.25) is 0 Å². The summed E-state index contributed by atoms with van der Waals surface area (Å²) in [4.78, 5) is 14.6. The van der Waals surface area contributed by atoms with Gasteiger partial charge in [0.05, 0.1) is 11.6 Å². The van der Waals surface area contributed by atoms with Crippen LogP contribution in [0.1, 0.15) is 50.8 Å². The predicted molar refractivity (Wildman–Crippen MR) is 108 cm³/mol. The van der Waals surface area contributed by atoms with Crippen molar-refractivity contribution < 1.29 is 28.2 Å². The molecule has 0 bridgehead atoms. The first-order valence-electron chi connectivity index (χ1n) is 9.92. The lowest BCUT2D eigenvalue weighted by atomic mass is 9.80. The number of halogens is 2. The van der Waals surface area contributed by atoms with Crippen LogP contribution in [0.25, 0.3) is 0 Å². The number of amides is 1. The van der Waals surface area contributed by atoms with E-state index in [4.69, 9.17) is 4.74 Å². The van der Waals surface area contributed by atoms with Crippen molar-refractivity contribution in [1.29, 1.82) is 0 Å². The van der Waals surface area contributed by atoms with Gasteiger partial charge in [-0.25, -0.2) is 4.79 Å². The second-order valence-corrected chi connectivity index (χ2v) is 8.28. The summed E-state index contributed by atoms with van der Waals surface area (Å²) in [5, 5.41) is 10.5. The Morgan fingerprint density at radius 2 is 1.80 bits per heavy atom. The molecule has 0 radical (unpaired) electrons. The molecule has 1 unspecified atom stereocenters. The Morgan fingerprint density at radius 3 is 2.33 bits per heavy atom. The molecule has 30 heavy (non-hydrogen) atoms. The van der Waals surface area contributed by atoms with Crippen LogP contribution in [0.4, 0.5) is 13.6 Å². The summed E-state index contributed by atoms with van der Waals surface area (Å²) in [5.41, 5.74) is -0.309. The number of carbonyl (C=O) groups is 1. The van der Waals surface area contributed by atoms with Gasteiger partial charge in [0.25, 0.3) is 0 Å².